The van der Waals surface area contributed by atoms with Gasteiger partial charge in [0.2, 0.25) is 5.91 Å². The number of carbonyl (C=O) groups is 1. The molecule has 1 amide bonds. The van der Waals surface area contributed by atoms with Crippen LogP contribution in [0.15, 0.2) is 0 Å². The summed E-state index contributed by atoms with van der Waals surface area (Å²) in [5.41, 5.74) is -0.222. The van der Waals surface area contributed by atoms with E-state index in [2.05, 4.69) is 26.1 Å². The molecule has 0 aromatic heterocycles. The number of hydrogen-bond acceptors (Lipinski definition) is 7. The summed E-state index contributed by atoms with van der Waals surface area (Å²) in [6.07, 6.45) is 5.56. The zero-order valence-electron chi connectivity index (χ0n) is 27.0. The highest BCUT2D eigenvalue weighted by Gasteiger charge is 2.65. The topological polar surface area (TPSA) is 164 Å². The van der Waals surface area contributed by atoms with Crippen molar-refractivity contribution in [2.75, 3.05) is 39.5 Å². The average Bonchev–Trinajstić information content (AvgIpc) is 3.24. The van der Waals surface area contributed by atoms with E-state index in [1.807, 2.05) is 14.1 Å². The predicted octanol–water partition coefficient (Wildman–Crippen LogP) is 2.20. The molecular weight excluding hydrogens is 572 g/mol. The fraction of sp³-hybridized carbons (Fsp3) is 0.969. The molecule has 6 N–H and O–H groups in total. The molecule has 4 aliphatic carbocycles. The van der Waals surface area contributed by atoms with Crippen LogP contribution in [0.25, 0.3) is 0 Å². The number of nitrogens with zero attached hydrogens (tertiary/aromatic N) is 1. The third-order valence-electron chi connectivity index (χ3n) is 12.7. The number of quaternary nitrogens is 1. The maximum absolute atomic E-state index is 12.7. The lowest BCUT2D eigenvalue weighted by molar-refractivity contribution is -0.893. The fourth-order valence-electron chi connectivity index (χ4n) is 10.5. The van der Waals surface area contributed by atoms with Crippen LogP contribution in [0.2, 0.25) is 0 Å². The molecule has 0 bridgehead atoms. The highest BCUT2D eigenvalue weighted by molar-refractivity contribution is 7.85. The summed E-state index contributed by atoms with van der Waals surface area (Å²) in [6, 6.07) is 0. The number of likely N-dealkylation sites (N-methyl/N-ethyl adjacent to an activating group) is 1. The van der Waals surface area contributed by atoms with Crippen molar-refractivity contribution in [1.29, 1.82) is 0 Å². The number of aliphatic hydroxyl groups excluding tert-OH is 4. The Kier molecular flexibility index (Phi) is 10.7. The van der Waals surface area contributed by atoms with Crippen molar-refractivity contribution in [2.24, 2.45) is 46.3 Å². The fourth-order valence-corrected chi connectivity index (χ4v) is 11.1. The van der Waals surface area contributed by atoms with Crippen LogP contribution >= 0.6 is 0 Å². The van der Waals surface area contributed by atoms with Crippen LogP contribution < -0.4 is 5.32 Å². The minimum atomic E-state index is -4.23. The van der Waals surface area contributed by atoms with Crippen LogP contribution in [0.1, 0.15) is 85.0 Å². The number of nitrogens with one attached hydrogen (secondary N) is 1. The summed E-state index contributed by atoms with van der Waals surface area (Å²) < 4.78 is 31.3. The van der Waals surface area contributed by atoms with E-state index in [9.17, 15) is 33.6 Å². The van der Waals surface area contributed by atoms with Crippen LogP contribution in [-0.2, 0) is 14.9 Å². The minimum absolute atomic E-state index is 0.00585. The van der Waals surface area contributed by atoms with Gasteiger partial charge in [0, 0.05) is 19.4 Å². The average molecular weight is 632 g/mol. The summed E-state index contributed by atoms with van der Waals surface area (Å²) in [4.78, 5) is 12.7. The minimum Gasteiger partial charge on any atom is -0.393 e. The Morgan fingerprint density at radius 3 is 2.42 bits per heavy atom. The molecule has 12 atom stereocenters. The van der Waals surface area contributed by atoms with Gasteiger partial charge in [0.1, 0.15) is 18.4 Å². The van der Waals surface area contributed by atoms with Crippen molar-refractivity contribution in [1.82, 2.24) is 5.32 Å². The number of aliphatic hydroxyl groups is 4. The maximum Gasteiger partial charge on any atom is 0.267 e. The Hall–Kier alpha value is -0.820. The second kappa shape index (κ2) is 13.1. The Balaban J connectivity index is 1.27. The molecule has 0 heterocycles. The number of hydrogen-bond donors (Lipinski definition) is 6. The van der Waals surface area contributed by atoms with Gasteiger partial charge in [0.15, 0.2) is 0 Å². The van der Waals surface area contributed by atoms with E-state index in [0.29, 0.717) is 48.7 Å². The first kappa shape index (κ1) is 35.0. The Morgan fingerprint density at radius 2 is 1.74 bits per heavy atom. The van der Waals surface area contributed by atoms with Gasteiger partial charge in [-0.15, -0.1) is 0 Å². The van der Waals surface area contributed by atoms with Gasteiger partial charge in [0.05, 0.1) is 39.0 Å². The SMILES string of the molecule is C[C@H](CCC(=O)NCCC[N+](C)(C)CC(O)CS(=O)(=O)O)[C@H]1CCC2C3C(O)CC4C[C@H](O)CC[C@]4(C)C3C[C@H](O)[C@@]21C. The third kappa shape index (κ3) is 7.60. The first-order valence-electron chi connectivity index (χ1n) is 16.6. The molecule has 10 nitrogen and oxygen atoms in total. The molecule has 4 rings (SSSR count). The predicted molar refractivity (Wildman–Crippen MR) is 164 cm³/mol. The van der Waals surface area contributed by atoms with Crippen molar-refractivity contribution in [2.45, 2.75) is 109 Å². The Labute approximate surface area is 259 Å². The molecule has 4 fully saturated rings. The van der Waals surface area contributed by atoms with Crippen LogP contribution in [0.5, 0.6) is 0 Å². The standard InChI is InChI=1S/C32H58N2O8S/c1-20(7-10-29(39)33-13-6-14-34(4,5)18-23(36)19-43(40,41)42)24-8-9-25-30-26(17-28(38)32(24,25)3)31(2)12-11-22(35)15-21(31)16-27(30)37/h20-28,30,35-38H,6-19H2,1-5H3,(H-,33,39,40,41,42)/p+1/t20-,21?,22-,23?,24-,25?,26?,27?,28+,30?,31+,32-/m1/s1. The van der Waals surface area contributed by atoms with Gasteiger partial charge in [0.25, 0.3) is 10.1 Å². The number of carbonyl (C=O) groups excluding carboxylic acids is 1. The number of amides is 1. The highest BCUT2D eigenvalue weighted by atomic mass is 32.2. The van der Waals surface area contributed by atoms with Crippen molar-refractivity contribution >= 4 is 16.0 Å². The number of fused-ring (bicyclic) bond motifs is 5. The monoisotopic (exact) mass is 631 g/mol. The van der Waals surface area contributed by atoms with E-state index in [1.165, 1.54) is 0 Å². The van der Waals surface area contributed by atoms with Crippen LogP contribution in [0.3, 0.4) is 0 Å². The van der Waals surface area contributed by atoms with Crippen LogP contribution in [0, 0.1) is 46.3 Å². The van der Waals surface area contributed by atoms with E-state index in [-0.39, 0.29) is 59.2 Å². The van der Waals surface area contributed by atoms with Gasteiger partial charge in [-0.25, -0.2) is 0 Å². The molecule has 4 aliphatic rings. The molecule has 43 heavy (non-hydrogen) atoms. The zero-order chi connectivity index (χ0) is 32.0. The first-order valence-corrected chi connectivity index (χ1v) is 18.2. The summed E-state index contributed by atoms with van der Waals surface area (Å²) in [6.45, 7) is 8.10. The van der Waals surface area contributed by atoms with Gasteiger partial charge in [-0.1, -0.05) is 20.8 Å². The Bertz CT molecular complexity index is 1090. The van der Waals surface area contributed by atoms with Gasteiger partial charge in [-0.05, 0) is 97.7 Å². The van der Waals surface area contributed by atoms with Crippen molar-refractivity contribution in [3.05, 3.63) is 0 Å². The summed E-state index contributed by atoms with van der Waals surface area (Å²) >= 11 is 0. The quantitative estimate of drug-likeness (QED) is 0.108. The highest BCUT2D eigenvalue weighted by Crippen LogP contribution is 2.68. The van der Waals surface area contributed by atoms with Gasteiger partial charge in [-0.3, -0.25) is 9.35 Å². The Morgan fingerprint density at radius 1 is 1.05 bits per heavy atom. The second-order valence-electron chi connectivity index (χ2n) is 16.0. The largest absolute Gasteiger partial charge is 0.393 e. The summed E-state index contributed by atoms with van der Waals surface area (Å²) in [7, 11) is -0.484. The lowest BCUT2D eigenvalue weighted by atomic mass is 9.43. The van der Waals surface area contributed by atoms with Gasteiger partial charge in [-0.2, -0.15) is 8.42 Å². The zero-order valence-corrected chi connectivity index (χ0v) is 27.8. The lowest BCUT2D eigenvalue weighted by Gasteiger charge is -2.63. The van der Waals surface area contributed by atoms with E-state index in [1.54, 1.807) is 0 Å². The van der Waals surface area contributed by atoms with Crippen molar-refractivity contribution < 1.29 is 42.7 Å². The smallest absolute Gasteiger partial charge is 0.267 e. The van der Waals surface area contributed by atoms with Crippen LogP contribution in [0.4, 0.5) is 0 Å². The molecule has 250 valence electrons. The van der Waals surface area contributed by atoms with E-state index >= 15 is 0 Å². The van der Waals surface area contributed by atoms with E-state index < -0.39 is 28.1 Å². The normalized spacial score (nSPS) is 41.1. The van der Waals surface area contributed by atoms with E-state index in [4.69, 9.17) is 4.55 Å². The summed E-state index contributed by atoms with van der Waals surface area (Å²) in [5.74, 6) is 0.890. The molecule has 0 aromatic carbocycles. The van der Waals surface area contributed by atoms with Gasteiger partial charge < -0.3 is 30.2 Å². The molecule has 4 saturated carbocycles. The van der Waals surface area contributed by atoms with Crippen LogP contribution in [-0.4, -0.2) is 108 Å². The van der Waals surface area contributed by atoms with Crippen molar-refractivity contribution in [3.8, 4) is 0 Å². The third-order valence-corrected chi connectivity index (χ3v) is 13.5. The molecule has 0 radical (unpaired) electrons. The maximum atomic E-state index is 12.7. The molecule has 0 aromatic rings. The van der Waals surface area contributed by atoms with Gasteiger partial charge >= 0.3 is 0 Å². The molecule has 6 unspecified atom stereocenters. The number of rotatable bonds is 12. The molecular formula is C32H59N2O8S+. The second-order valence-corrected chi connectivity index (χ2v) is 17.5. The first-order chi connectivity index (χ1) is 19.9. The lowest BCUT2D eigenvalue weighted by Crippen LogP contribution is -2.62. The van der Waals surface area contributed by atoms with E-state index in [0.717, 1.165) is 44.9 Å². The summed E-state index contributed by atoms with van der Waals surface area (Å²) in [5, 5.41) is 46.5. The molecule has 0 aliphatic heterocycles. The molecule has 0 spiro atoms. The molecule has 11 heteroatoms. The van der Waals surface area contributed by atoms with Crippen molar-refractivity contribution in [3.63, 3.8) is 0 Å². The molecule has 0 saturated heterocycles.